The van der Waals surface area contributed by atoms with E-state index in [1.54, 1.807) is 26.2 Å². The summed E-state index contributed by atoms with van der Waals surface area (Å²) in [4.78, 5) is 18.5. The molecule has 27 heavy (non-hydrogen) atoms. The van der Waals surface area contributed by atoms with Crippen molar-refractivity contribution in [3.8, 4) is 5.75 Å². The van der Waals surface area contributed by atoms with E-state index in [0.29, 0.717) is 15.8 Å². The van der Waals surface area contributed by atoms with Crippen molar-refractivity contribution in [1.29, 1.82) is 0 Å². The van der Waals surface area contributed by atoms with Crippen LogP contribution in [-0.2, 0) is 11.4 Å². The van der Waals surface area contributed by atoms with Crippen LogP contribution in [-0.4, -0.2) is 30.1 Å². The van der Waals surface area contributed by atoms with E-state index in [1.165, 1.54) is 28.8 Å². The molecule has 4 nitrogen and oxygen atoms in total. The second-order valence-corrected chi connectivity index (χ2v) is 8.43. The summed E-state index contributed by atoms with van der Waals surface area (Å²) in [6, 6.07) is 10.0. The first kappa shape index (κ1) is 20.1. The fourth-order valence-electron chi connectivity index (χ4n) is 2.48. The molecule has 0 aromatic heterocycles. The predicted molar refractivity (Wildman–Crippen MR) is 114 cm³/mol. The number of amides is 1. The molecule has 0 spiro atoms. The van der Waals surface area contributed by atoms with E-state index >= 15 is 0 Å². The van der Waals surface area contributed by atoms with Crippen LogP contribution in [0.3, 0.4) is 0 Å². The maximum atomic E-state index is 13.3. The summed E-state index contributed by atoms with van der Waals surface area (Å²) in [5.74, 6) is 0.230. The van der Waals surface area contributed by atoms with Gasteiger partial charge in [-0.3, -0.25) is 14.7 Å². The van der Waals surface area contributed by atoms with Crippen molar-refractivity contribution in [3.05, 3.63) is 67.2 Å². The SMILES string of the molecule is CN=C1S/C(=C/c2cc(Br)c(OCc3cccc(F)c3)c(Br)c2)C(=O)N1C. The molecule has 1 saturated heterocycles. The largest absolute Gasteiger partial charge is 0.487 e. The highest BCUT2D eigenvalue weighted by Gasteiger charge is 2.29. The lowest BCUT2D eigenvalue weighted by Crippen LogP contribution is -2.23. The third kappa shape index (κ3) is 4.62. The van der Waals surface area contributed by atoms with E-state index in [9.17, 15) is 9.18 Å². The number of hydrogen-bond donors (Lipinski definition) is 0. The third-order valence-electron chi connectivity index (χ3n) is 3.79. The summed E-state index contributed by atoms with van der Waals surface area (Å²) in [6.07, 6.45) is 1.81. The van der Waals surface area contributed by atoms with E-state index in [0.717, 1.165) is 20.1 Å². The zero-order valence-electron chi connectivity index (χ0n) is 14.5. The molecule has 0 radical (unpaired) electrons. The van der Waals surface area contributed by atoms with Crippen molar-refractivity contribution in [2.24, 2.45) is 4.99 Å². The molecule has 2 aromatic carbocycles. The summed E-state index contributed by atoms with van der Waals surface area (Å²) < 4.78 is 20.6. The van der Waals surface area contributed by atoms with Crippen LogP contribution in [0.15, 0.2) is 55.2 Å². The molecule has 1 heterocycles. The number of hydrogen-bond acceptors (Lipinski definition) is 4. The van der Waals surface area contributed by atoms with Crippen molar-refractivity contribution < 1.29 is 13.9 Å². The van der Waals surface area contributed by atoms with Gasteiger partial charge in [-0.15, -0.1) is 0 Å². The van der Waals surface area contributed by atoms with E-state index < -0.39 is 0 Å². The molecule has 2 aromatic rings. The van der Waals surface area contributed by atoms with Gasteiger partial charge >= 0.3 is 0 Å². The number of benzene rings is 2. The molecule has 0 aliphatic carbocycles. The molecular weight excluding hydrogens is 499 g/mol. The van der Waals surface area contributed by atoms with Crippen molar-refractivity contribution >= 4 is 60.8 Å². The highest BCUT2D eigenvalue weighted by molar-refractivity contribution is 9.11. The van der Waals surface area contributed by atoms with Gasteiger partial charge in [0.25, 0.3) is 5.91 Å². The molecule has 0 saturated carbocycles. The fraction of sp³-hybridized carbons (Fsp3) is 0.158. The molecule has 1 aliphatic heterocycles. The Kier molecular flexibility index (Phi) is 6.39. The maximum Gasteiger partial charge on any atom is 0.266 e. The number of halogens is 3. The summed E-state index contributed by atoms with van der Waals surface area (Å²) in [7, 11) is 3.36. The number of carbonyl (C=O) groups excluding carboxylic acids is 1. The first-order valence-electron chi connectivity index (χ1n) is 7.89. The highest BCUT2D eigenvalue weighted by atomic mass is 79.9. The van der Waals surface area contributed by atoms with Gasteiger partial charge in [-0.05, 0) is 85.1 Å². The number of rotatable bonds is 4. The van der Waals surface area contributed by atoms with Gasteiger partial charge in [0.15, 0.2) is 5.17 Å². The molecule has 3 rings (SSSR count). The lowest BCUT2D eigenvalue weighted by atomic mass is 10.2. The van der Waals surface area contributed by atoms with Crippen LogP contribution >= 0.6 is 43.6 Å². The van der Waals surface area contributed by atoms with Gasteiger partial charge in [-0.2, -0.15) is 0 Å². The van der Waals surface area contributed by atoms with E-state index in [-0.39, 0.29) is 18.3 Å². The lowest BCUT2D eigenvalue weighted by Gasteiger charge is -2.12. The van der Waals surface area contributed by atoms with Gasteiger partial charge in [0, 0.05) is 14.1 Å². The minimum absolute atomic E-state index is 0.0840. The predicted octanol–water partition coefficient (Wildman–Crippen LogP) is 5.46. The third-order valence-corrected chi connectivity index (χ3v) is 6.11. The second-order valence-electron chi connectivity index (χ2n) is 5.71. The zero-order chi connectivity index (χ0) is 19.6. The summed E-state index contributed by atoms with van der Waals surface area (Å²) in [5.41, 5.74) is 1.58. The number of likely N-dealkylation sites (N-methyl/N-ethyl adjacent to an activating group) is 1. The average molecular weight is 514 g/mol. The number of thioether (sulfide) groups is 1. The van der Waals surface area contributed by atoms with E-state index in [1.807, 2.05) is 18.2 Å². The summed E-state index contributed by atoms with van der Waals surface area (Å²) in [6.45, 7) is 0.241. The Morgan fingerprint density at radius 1 is 1.26 bits per heavy atom. The molecule has 1 aliphatic rings. The van der Waals surface area contributed by atoms with Crippen LogP contribution in [0.5, 0.6) is 5.75 Å². The number of aliphatic imine (C=N–C) groups is 1. The lowest BCUT2D eigenvalue weighted by molar-refractivity contribution is -0.121. The maximum absolute atomic E-state index is 13.3. The van der Waals surface area contributed by atoms with Gasteiger partial charge in [0.2, 0.25) is 0 Å². The van der Waals surface area contributed by atoms with Crippen LogP contribution in [0, 0.1) is 5.82 Å². The standard InChI is InChI=1S/C19H15Br2FN2O2S/c1-23-19-24(2)18(25)16(27-19)9-12-7-14(20)17(15(21)8-12)26-10-11-4-3-5-13(22)6-11/h3-9H,10H2,1-2H3/b16-9+,23-19?. The Labute approximate surface area is 177 Å². The monoisotopic (exact) mass is 512 g/mol. The van der Waals surface area contributed by atoms with Gasteiger partial charge in [-0.1, -0.05) is 12.1 Å². The molecule has 1 fully saturated rings. The van der Waals surface area contributed by atoms with Crippen molar-refractivity contribution in [2.45, 2.75) is 6.61 Å². The summed E-state index contributed by atoms with van der Waals surface area (Å²) >= 11 is 8.34. The molecule has 0 unspecified atom stereocenters. The van der Waals surface area contributed by atoms with Crippen molar-refractivity contribution in [3.63, 3.8) is 0 Å². The number of nitrogens with zero attached hydrogens (tertiary/aromatic N) is 2. The average Bonchev–Trinajstić information content (AvgIpc) is 2.89. The van der Waals surface area contributed by atoms with Crippen LogP contribution in [0.4, 0.5) is 4.39 Å². The van der Waals surface area contributed by atoms with Crippen LogP contribution in [0.2, 0.25) is 0 Å². The topological polar surface area (TPSA) is 41.9 Å². The van der Waals surface area contributed by atoms with Crippen LogP contribution in [0.25, 0.3) is 6.08 Å². The Hall–Kier alpha value is -1.64. The van der Waals surface area contributed by atoms with Gasteiger partial charge in [-0.25, -0.2) is 4.39 Å². The zero-order valence-corrected chi connectivity index (χ0v) is 18.5. The minimum atomic E-state index is -0.296. The van der Waals surface area contributed by atoms with Crippen molar-refractivity contribution in [1.82, 2.24) is 4.90 Å². The van der Waals surface area contributed by atoms with Gasteiger partial charge < -0.3 is 4.74 Å². The van der Waals surface area contributed by atoms with Crippen LogP contribution < -0.4 is 4.74 Å². The van der Waals surface area contributed by atoms with E-state index in [4.69, 9.17) is 4.74 Å². The minimum Gasteiger partial charge on any atom is -0.487 e. The Morgan fingerprint density at radius 2 is 1.96 bits per heavy atom. The smallest absolute Gasteiger partial charge is 0.266 e. The quantitative estimate of drug-likeness (QED) is 0.509. The number of carbonyl (C=O) groups is 1. The van der Waals surface area contributed by atoms with Crippen molar-refractivity contribution in [2.75, 3.05) is 14.1 Å². The molecular formula is C19H15Br2FN2O2S. The summed E-state index contributed by atoms with van der Waals surface area (Å²) in [5, 5.41) is 0.666. The second kappa shape index (κ2) is 8.58. The molecule has 8 heteroatoms. The first-order valence-corrected chi connectivity index (χ1v) is 10.3. The van der Waals surface area contributed by atoms with E-state index in [2.05, 4.69) is 36.9 Å². The Bertz CT molecular complexity index is 939. The molecule has 0 atom stereocenters. The number of ether oxygens (including phenoxy) is 1. The first-order chi connectivity index (χ1) is 12.9. The fourth-order valence-corrected chi connectivity index (χ4v) is 4.86. The normalized spacial score (nSPS) is 17.2. The molecule has 140 valence electrons. The van der Waals surface area contributed by atoms with Gasteiger partial charge in [0.1, 0.15) is 18.2 Å². The Balaban J connectivity index is 1.81. The van der Waals surface area contributed by atoms with Crippen LogP contribution in [0.1, 0.15) is 11.1 Å². The highest BCUT2D eigenvalue weighted by Crippen LogP contribution is 2.37. The van der Waals surface area contributed by atoms with Gasteiger partial charge in [0.05, 0.1) is 13.9 Å². The number of amidine groups is 1. The molecule has 0 bridgehead atoms. The molecule has 0 N–H and O–H groups in total. The molecule has 1 amide bonds. The Morgan fingerprint density at radius 3 is 2.56 bits per heavy atom.